The van der Waals surface area contributed by atoms with Crippen molar-refractivity contribution in [3.8, 4) is 5.69 Å². The van der Waals surface area contributed by atoms with Crippen LogP contribution in [0, 0.1) is 12.8 Å². The molecule has 1 aromatic carbocycles. The lowest BCUT2D eigenvalue weighted by Gasteiger charge is -2.32. The standard InChI is InChI=1S/C29H36N4O2S2/c1-19-11-13-31(14-12-19)23(34)17-32-24(35)18-37-26(22-10-7-15-36-22)25-27(29(3,4)5)30-33(28(25)32)21-9-6-8-20(2)16-21/h6-10,15-16,19,26H,11-14,17-18H2,1-5H3. The van der Waals surface area contributed by atoms with Gasteiger partial charge >= 0.3 is 0 Å². The van der Waals surface area contributed by atoms with Crippen molar-refractivity contribution >= 4 is 40.7 Å². The van der Waals surface area contributed by atoms with Crippen LogP contribution in [-0.4, -0.2) is 51.9 Å². The number of thioether (sulfide) groups is 1. The number of fused-ring (bicyclic) bond motifs is 1. The van der Waals surface area contributed by atoms with Crippen LogP contribution in [0.1, 0.15) is 67.5 Å². The van der Waals surface area contributed by atoms with Gasteiger partial charge in [0.1, 0.15) is 12.4 Å². The Morgan fingerprint density at radius 2 is 1.89 bits per heavy atom. The van der Waals surface area contributed by atoms with E-state index in [0.717, 1.165) is 54.3 Å². The number of carbonyl (C=O) groups is 2. The topological polar surface area (TPSA) is 58.4 Å². The Morgan fingerprint density at radius 1 is 1.14 bits per heavy atom. The van der Waals surface area contributed by atoms with Crippen LogP contribution in [0.25, 0.3) is 5.69 Å². The van der Waals surface area contributed by atoms with Gasteiger partial charge in [-0.15, -0.1) is 23.1 Å². The Hall–Kier alpha value is -2.58. The van der Waals surface area contributed by atoms with Gasteiger partial charge in [-0.25, -0.2) is 4.68 Å². The zero-order valence-electron chi connectivity index (χ0n) is 22.4. The summed E-state index contributed by atoms with van der Waals surface area (Å²) in [6, 6.07) is 12.4. The summed E-state index contributed by atoms with van der Waals surface area (Å²) in [5, 5.41) is 7.24. The molecule has 0 radical (unpaired) electrons. The number of aryl methyl sites for hydroxylation is 1. The number of hydrogen-bond acceptors (Lipinski definition) is 5. The molecule has 2 aromatic heterocycles. The summed E-state index contributed by atoms with van der Waals surface area (Å²) in [5.41, 5.74) is 3.79. The summed E-state index contributed by atoms with van der Waals surface area (Å²) in [7, 11) is 0. The molecule has 1 fully saturated rings. The van der Waals surface area contributed by atoms with E-state index in [9.17, 15) is 9.59 Å². The van der Waals surface area contributed by atoms with Gasteiger partial charge in [-0.05, 0) is 54.8 Å². The molecule has 0 saturated carbocycles. The second-order valence-corrected chi connectivity index (χ2v) is 13.4. The minimum atomic E-state index is -0.249. The minimum Gasteiger partial charge on any atom is -0.341 e. The van der Waals surface area contributed by atoms with Gasteiger partial charge < -0.3 is 4.90 Å². The molecule has 196 valence electrons. The molecule has 0 bridgehead atoms. The van der Waals surface area contributed by atoms with Gasteiger partial charge in [-0.2, -0.15) is 5.10 Å². The van der Waals surface area contributed by atoms with Crippen LogP contribution in [0.2, 0.25) is 0 Å². The van der Waals surface area contributed by atoms with E-state index < -0.39 is 0 Å². The van der Waals surface area contributed by atoms with Crippen molar-refractivity contribution in [2.24, 2.45) is 5.92 Å². The molecule has 3 aromatic rings. The normalized spacial score (nSPS) is 19.2. The van der Waals surface area contributed by atoms with E-state index >= 15 is 0 Å². The smallest absolute Gasteiger partial charge is 0.242 e. The highest BCUT2D eigenvalue weighted by Gasteiger charge is 2.40. The maximum Gasteiger partial charge on any atom is 0.242 e. The Bertz CT molecular complexity index is 1280. The number of thiophene rings is 1. The molecule has 37 heavy (non-hydrogen) atoms. The van der Waals surface area contributed by atoms with E-state index in [2.05, 4.69) is 64.3 Å². The Kier molecular flexibility index (Phi) is 7.24. The van der Waals surface area contributed by atoms with Gasteiger partial charge in [0.25, 0.3) is 0 Å². The van der Waals surface area contributed by atoms with Crippen molar-refractivity contribution in [2.45, 2.75) is 58.1 Å². The maximum atomic E-state index is 13.8. The van der Waals surface area contributed by atoms with E-state index in [1.54, 1.807) is 28.0 Å². The predicted octanol–water partition coefficient (Wildman–Crippen LogP) is 5.97. The van der Waals surface area contributed by atoms with E-state index in [1.807, 2.05) is 21.7 Å². The summed E-state index contributed by atoms with van der Waals surface area (Å²) < 4.78 is 1.92. The van der Waals surface area contributed by atoms with Gasteiger partial charge in [-0.3, -0.25) is 14.5 Å². The average Bonchev–Trinajstić information content (AvgIpc) is 3.49. The number of nitrogens with zero attached hydrogens (tertiary/aromatic N) is 4. The summed E-state index contributed by atoms with van der Waals surface area (Å²) in [6.07, 6.45) is 2.02. The first-order chi connectivity index (χ1) is 17.6. The van der Waals surface area contributed by atoms with Crippen LogP contribution in [0.15, 0.2) is 41.8 Å². The van der Waals surface area contributed by atoms with Crippen LogP contribution in [0.4, 0.5) is 5.82 Å². The van der Waals surface area contributed by atoms with Crippen molar-refractivity contribution in [3.63, 3.8) is 0 Å². The summed E-state index contributed by atoms with van der Waals surface area (Å²) in [6.45, 7) is 12.4. The van der Waals surface area contributed by atoms with Gasteiger partial charge in [0.15, 0.2) is 0 Å². The average molecular weight is 537 g/mol. The molecule has 1 atom stereocenters. The quantitative estimate of drug-likeness (QED) is 0.412. The first kappa shape index (κ1) is 26.0. The molecule has 6 nitrogen and oxygen atoms in total. The summed E-state index contributed by atoms with van der Waals surface area (Å²) in [4.78, 5) is 32.2. The molecule has 2 aliphatic rings. The van der Waals surface area contributed by atoms with Gasteiger partial charge in [-0.1, -0.05) is 45.9 Å². The van der Waals surface area contributed by atoms with E-state index in [1.165, 1.54) is 4.88 Å². The number of likely N-dealkylation sites (tertiary alicyclic amines) is 1. The highest BCUT2D eigenvalue weighted by molar-refractivity contribution is 8.00. The third-order valence-corrected chi connectivity index (χ3v) is 9.60. The van der Waals surface area contributed by atoms with Crippen molar-refractivity contribution in [3.05, 3.63) is 63.5 Å². The molecule has 8 heteroatoms. The first-order valence-corrected chi connectivity index (χ1v) is 15.0. The van der Waals surface area contributed by atoms with Crippen molar-refractivity contribution < 1.29 is 9.59 Å². The maximum absolute atomic E-state index is 13.8. The minimum absolute atomic E-state index is 0.0140. The predicted molar refractivity (Wildman–Crippen MR) is 153 cm³/mol. The van der Waals surface area contributed by atoms with Crippen molar-refractivity contribution in [2.75, 3.05) is 30.3 Å². The number of aromatic nitrogens is 2. The van der Waals surface area contributed by atoms with Crippen molar-refractivity contribution in [1.82, 2.24) is 14.7 Å². The summed E-state index contributed by atoms with van der Waals surface area (Å²) >= 11 is 3.35. The van der Waals surface area contributed by atoms with E-state index in [-0.39, 0.29) is 29.0 Å². The number of piperidine rings is 1. The number of amides is 2. The van der Waals surface area contributed by atoms with Crippen LogP contribution >= 0.6 is 23.1 Å². The number of rotatable bonds is 4. The Labute approximate surface area is 228 Å². The molecule has 0 aliphatic carbocycles. The molecule has 1 unspecified atom stereocenters. The fourth-order valence-corrected chi connectivity index (χ4v) is 7.35. The van der Waals surface area contributed by atoms with Gasteiger partial charge in [0.05, 0.1) is 22.4 Å². The molecule has 1 saturated heterocycles. The molecular formula is C29H36N4O2S2. The number of carbonyl (C=O) groups excluding carboxylic acids is 2. The molecule has 2 aliphatic heterocycles. The van der Waals surface area contributed by atoms with Gasteiger partial charge in [0.2, 0.25) is 11.8 Å². The SMILES string of the molecule is Cc1cccc(-n2nc(C(C)(C)C)c3c2N(CC(=O)N2CCC(C)CC2)C(=O)CSC3c2cccs2)c1. The monoisotopic (exact) mass is 536 g/mol. The lowest BCUT2D eigenvalue weighted by molar-refractivity contribution is -0.132. The van der Waals surface area contributed by atoms with Crippen LogP contribution in [0.5, 0.6) is 0 Å². The highest BCUT2D eigenvalue weighted by Crippen LogP contribution is 2.49. The largest absolute Gasteiger partial charge is 0.341 e. The fourth-order valence-electron chi connectivity index (χ4n) is 5.17. The second-order valence-electron chi connectivity index (χ2n) is 11.3. The molecule has 0 N–H and O–H groups in total. The first-order valence-electron chi connectivity index (χ1n) is 13.1. The molecular weight excluding hydrogens is 500 g/mol. The molecule has 4 heterocycles. The third-order valence-electron chi connectivity index (χ3n) is 7.28. The molecule has 0 spiro atoms. The van der Waals surface area contributed by atoms with E-state index in [0.29, 0.717) is 11.7 Å². The lowest BCUT2D eigenvalue weighted by Crippen LogP contribution is -2.46. The summed E-state index contributed by atoms with van der Waals surface area (Å²) in [5.74, 6) is 1.66. The third kappa shape index (κ3) is 5.23. The molecule has 5 rings (SSSR count). The lowest BCUT2D eigenvalue weighted by atomic mass is 9.88. The van der Waals surface area contributed by atoms with Crippen LogP contribution in [0.3, 0.4) is 0 Å². The zero-order chi connectivity index (χ0) is 26.3. The highest BCUT2D eigenvalue weighted by atomic mass is 32.2. The van der Waals surface area contributed by atoms with E-state index in [4.69, 9.17) is 5.10 Å². The number of benzene rings is 1. The Balaban J connectivity index is 1.69. The molecule has 2 amide bonds. The van der Waals surface area contributed by atoms with Gasteiger partial charge in [0, 0.05) is 28.9 Å². The van der Waals surface area contributed by atoms with Crippen LogP contribution in [-0.2, 0) is 15.0 Å². The Morgan fingerprint density at radius 3 is 2.54 bits per heavy atom. The second kappa shape index (κ2) is 10.3. The number of hydrogen-bond donors (Lipinski definition) is 0. The zero-order valence-corrected chi connectivity index (χ0v) is 24.0. The number of anilines is 1. The van der Waals surface area contributed by atoms with Crippen LogP contribution < -0.4 is 4.90 Å². The fraction of sp³-hybridized carbons (Fsp3) is 0.483. The van der Waals surface area contributed by atoms with Crippen molar-refractivity contribution in [1.29, 1.82) is 0 Å².